The normalized spacial score (nSPS) is 12.3. The second-order valence-corrected chi connectivity index (χ2v) is 11.3. The number of sulfonamides is 1. The lowest BCUT2D eigenvalue weighted by Gasteiger charge is -2.27. The lowest BCUT2D eigenvalue weighted by Crippen LogP contribution is -2.42. The molecule has 0 fully saturated rings. The number of alkyl halides is 3. The van der Waals surface area contributed by atoms with E-state index in [2.05, 4.69) is 5.32 Å². The maximum absolute atomic E-state index is 13.9. The number of rotatable bonds is 10. The quantitative estimate of drug-likeness (QED) is 0.237. The van der Waals surface area contributed by atoms with Gasteiger partial charge in [-0.1, -0.05) is 66.2 Å². The number of aryl methyl sites for hydroxylation is 1. The van der Waals surface area contributed by atoms with Gasteiger partial charge in [-0.05, 0) is 48.4 Å². The van der Waals surface area contributed by atoms with Crippen molar-refractivity contribution in [2.24, 2.45) is 0 Å². The van der Waals surface area contributed by atoms with Crippen LogP contribution in [0.3, 0.4) is 0 Å². The summed E-state index contributed by atoms with van der Waals surface area (Å²) in [5.41, 5.74) is 1.10. The minimum absolute atomic E-state index is 0.0931. The standard InChI is InChI=1S/C31H29F3N2O5S/c1-21-12-14-23(15-13-21)30(22-8-5-4-6-9-22)35-29(37)20-36(25-11-7-10-24(18-25)31(32,33)34)42(38,39)26-16-17-27(40-2)28(19-26)41-3/h4-19,30H,20H2,1-3H3,(H,35,37). The summed E-state index contributed by atoms with van der Waals surface area (Å²) in [6, 6.07) is 23.5. The zero-order chi connectivity index (χ0) is 30.5. The Morgan fingerprint density at radius 3 is 2.10 bits per heavy atom. The van der Waals surface area contributed by atoms with Gasteiger partial charge < -0.3 is 14.8 Å². The predicted octanol–water partition coefficient (Wildman–Crippen LogP) is 6.13. The topological polar surface area (TPSA) is 84.9 Å². The molecule has 0 spiro atoms. The third-order valence-corrected chi connectivity index (χ3v) is 8.31. The van der Waals surface area contributed by atoms with Gasteiger partial charge in [-0.2, -0.15) is 13.2 Å². The van der Waals surface area contributed by atoms with Gasteiger partial charge >= 0.3 is 6.18 Å². The summed E-state index contributed by atoms with van der Waals surface area (Å²) in [7, 11) is -1.87. The molecule has 220 valence electrons. The molecule has 4 aromatic rings. The van der Waals surface area contributed by atoms with Crippen LogP contribution in [0.4, 0.5) is 18.9 Å². The molecule has 42 heavy (non-hydrogen) atoms. The van der Waals surface area contributed by atoms with Crippen molar-refractivity contribution in [2.75, 3.05) is 25.1 Å². The summed E-state index contributed by atoms with van der Waals surface area (Å²) in [5.74, 6) is -0.384. The molecule has 11 heteroatoms. The van der Waals surface area contributed by atoms with E-state index in [1.165, 1.54) is 38.5 Å². The van der Waals surface area contributed by atoms with Gasteiger partial charge in [0.25, 0.3) is 10.0 Å². The van der Waals surface area contributed by atoms with E-state index >= 15 is 0 Å². The van der Waals surface area contributed by atoms with Gasteiger partial charge in [-0.25, -0.2) is 8.42 Å². The monoisotopic (exact) mass is 598 g/mol. The molecule has 0 aliphatic rings. The molecule has 4 rings (SSSR count). The van der Waals surface area contributed by atoms with Gasteiger partial charge in [0.15, 0.2) is 11.5 Å². The average molecular weight is 599 g/mol. The van der Waals surface area contributed by atoms with Gasteiger partial charge in [0.2, 0.25) is 5.91 Å². The van der Waals surface area contributed by atoms with E-state index in [1.54, 1.807) is 12.1 Å². The first-order valence-electron chi connectivity index (χ1n) is 12.8. The second kappa shape index (κ2) is 12.6. The number of methoxy groups -OCH3 is 2. The molecule has 1 atom stereocenters. The van der Waals surface area contributed by atoms with Gasteiger partial charge in [-0.3, -0.25) is 9.10 Å². The Hall–Kier alpha value is -4.51. The van der Waals surface area contributed by atoms with Crippen LogP contribution in [0.1, 0.15) is 28.3 Å². The zero-order valence-corrected chi connectivity index (χ0v) is 23.9. The number of anilines is 1. The Balaban J connectivity index is 1.76. The number of benzene rings is 4. The van der Waals surface area contributed by atoms with E-state index < -0.39 is 40.3 Å². The third-order valence-electron chi connectivity index (χ3n) is 6.54. The van der Waals surface area contributed by atoms with Gasteiger partial charge in [0.1, 0.15) is 6.54 Å². The lowest BCUT2D eigenvalue weighted by atomic mass is 9.98. The minimum atomic E-state index is -4.74. The van der Waals surface area contributed by atoms with Crippen molar-refractivity contribution in [3.8, 4) is 11.5 Å². The SMILES string of the molecule is COc1ccc(S(=O)(=O)N(CC(=O)NC(c2ccccc2)c2ccc(C)cc2)c2cccc(C(F)(F)F)c2)cc1OC. The fourth-order valence-corrected chi connectivity index (χ4v) is 5.79. The van der Waals surface area contributed by atoms with Crippen LogP contribution >= 0.6 is 0 Å². The van der Waals surface area contributed by atoms with Crippen LogP contribution in [-0.2, 0) is 21.0 Å². The number of amides is 1. The maximum atomic E-state index is 13.9. The second-order valence-electron chi connectivity index (χ2n) is 9.40. The molecule has 0 bridgehead atoms. The zero-order valence-electron chi connectivity index (χ0n) is 23.1. The smallest absolute Gasteiger partial charge is 0.416 e. The van der Waals surface area contributed by atoms with E-state index in [-0.39, 0.29) is 22.1 Å². The molecule has 0 saturated carbocycles. The minimum Gasteiger partial charge on any atom is -0.493 e. The van der Waals surface area contributed by atoms with Crippen LogP contribution in [0.15, 0.2) is 102 Å². The largest absolute Gasteiger partial charge is 0.493 e. The Morgan fingerprint density at radius 2 is 1.48 bits per heavy atom. The highest BCUT2D eigenvalue weighted by Gasteiger charge is 2.34. The number of carbonyl (C=O) groups is 1. The third kappa shape index (κ3) is 6.85. The van der Waals surface area contributed by atoms with Crippen molar-refractivity contribution < 1.29 is 35.9 Å². The number of hydrogen-bond donors (Lipinski definition) is 1. The van der Waals surface area contributed by atoms with Gasteiger partial charge in [-0.15, -0.1) is 0 Å². The van der Waals surface area contributed by atoms with Crippen LogP contribution < -0.4 is 19.1 Å². The Bertz CT molecular complexity index is 1640. The Morgan fingerprint density at radius 1 is 0.833 bits per heavy atom. The number of carbonyl (C=O) groups excluding carboxylic acids is 1. The van der Waals surface area contributed by atoms with E-state index in [4.69, 9.17) is 9.47 Å². The highest BCUT2D eigenvalue weighted by molar-refractivity contribution is 7.92. The van der Waals surface area contributed by atoms with Crippen LogP contribution in [0, 0.1) is 6.92 Å². The van der Waals surface area contributed by atoms with Crippen molar-refractivity contribution in [1.82, 2.24) is 5.32 Å². The van der Waals surface area contributed by atoms with E-state index in [9.17, 15) is 26.4 Å². The molecule has 0 radical (unpaired) electrons. The molecule has 4 aromatic carbocycles. The molecule has 1 N–H and O–H groups in total. The summed E-state index contributed by atoms with van der Waals surface area (Å²) in [5, 5.41) is 2.87. The highest BCUT2D eigenvalue weighted by atomic mass is 32.2. The van der Waals surface area contributed by atoms with Crippen LogP contribution in [-0.4, -0.2) is 35.1 Å². The molecular formula is C31H29F3N2O5S. The Kier molecular flexibility index (Phi) is 9.11. The molecular weight excluding hydrogens is 569 g/mol. The first-order chi connectivity index (χ1) is 19.9. The van der Waals surface area contributed by atoms with Gasteiger partial charge in [0, 0.05) is 6.07 Å². The molecule has 0 aliphatic heterocycles. The summed E-state index contributed by atoms with van der Waals surface area (Å²) in [6.45, 7) is 1.12. The van der Waals surface area contributed by atoms with E-state index in [0.717, 1.165) is 28.8 Å². The molecule has 1 unspecified atom stereocenters. The van der Waals surface area contributed by atoms with Crippen molar-refractivity contribution in [3.05, 3.63) is 119 Å². The van der Waals surface area contributed by atoms with Crippen LogP contribution in [0.5, 0.6) is 11.5 Å². The summed E-state index contributed by atoms with van der Waals surface area (Å²) < 4.78 is 79.7. The molecule has 0 saturated heterocycles. The fraction of sp³-hybridized carbons (Fsp3) is 0.194. The summed E-state index contributed by atoms with van der Waals surface area (Å²) >= 11 is 0. The van der Waals surface area contributed by atoms with Crippen molar-refractivity contribution in [1.29, 1.82) is 0 Å². The molecule has 0 aliphatic carbocycles. The van der Waals surface area contributed by atoms with Crippen LogP contribution in [0.25, 0.3) is 0 Å². The molecule has 1 amide bonds. The summed E-state index contributed by atoms with van der Waals surface area (Å²) in [6.07, 6.45) is -4.74. The van der Waals surface area contributed by atoms with E-state index in [0.29, 0.717) is 10.4 Å². The number of ether oxygens (including phenoxy) is 2. The lowest BCUT2D eigenvalue weighted by molar-refractivity contribution is -0.137. The number of nitrogens with zero attached hydrogens (tertiary/aromatic N) is 1. The number of nitrogens with one attached hydrogen (secondary N) is 1. The number of halogens is 3. The van der Waals surface area contributed by atoms with Crippen LogP contribution in [0.2, 0.25) is 0 Å². The molecule has 0 heterocycles. The predicted molar refractivity (Wildman–Crippen MR) is 153 cm³/mol. The van der Waals surface area contributed by atoms with Crippen molar-refractivity contribution in [3.63, 3.8) is 0 Å². The van der Waals surface area contributed by atoms with Crippen molar-refractivity contribution in [2.45, 2.75) is 24.0 Å². The first kappa shape index (κ1) is 30.4. The van der Waals surface area contributed by atoms with Gasteiger partial charge in [0.05, 0.1) is 36.4 Å². The Labute approximate surface area is 242 Å². The highest BCUT2D eigenvalue weighted by Crippen LogP contribution is 2.35. The van der Waals surface area contributed by atoms with E-state index in [1.807, 2.05) is 49.4 Å². The first-order valence-corrected chi connectivity index (χ1v) is 14.2. The summed E-state index contributed by atoms with van der Waals surface area (Å²) in [4.78, 5) is 13.2. The maximum Gasteiger partial charge on any atom is 0.416 e. The average Bonchev–Trinajstić information content (AvgIpc) is 2.98. The fourth-order valence-electron chi connectivity index (χ4n) is 4.36. The molecule has 7 nitrogen and oxygen atoms in total. The van der Waals surface area contributed by atoms with Crippen molar-refractivity contribution >= 4 is 21.6 Å². The number of hydrogen-bond acceptors (Lipinski definition) is 5. The molecule has 0 aromatic heterocycles.